The number of carboxylic acids is 1. The topological polar surface area (TPSA) is 81.1 Å². The summed E-state index contributed by atoms with van der Waals surface area (Å²) in [4.78, 5) is 11.3. The van der Waals surface area contributed by atoms with Gasteiger partial charge < -0.3 is 10.8 Å². The van der Waals surface area contributed by atoms with Crippen molar-refractivity contribution in [3.05, 3.63) is 17.5 Å². The molecule has 1 heterocycles. The van der Waals surface area contributed by atoms with Gasteiger partial charge in [0.15, 0.2) is 0 Å². The minimum absolute atomic E-state index is 0.142. The molecule has 0 spiro atoms. The van der Waals surface area contributed by atoms with Crippen LogP contribution in [0.5, 0.6) is 0 Å². The van der Waals surface area contributed by atoms with Gasteiger partial charge in [-0.15, -0.1) is 0 Å². The molecular formula is C11H19N3O2. The summed E-state index contributed by atoms with van der Waals surface area (Å²) < 4.78 is 1.72. The number of aryl methyl sites for hydroxylation is 2. The van der Waals surface area contributed by atoms with Crippen LogP contribution in [0, 0.1) is 12.3 Å². The molecule has 5 heteroatoms. The Kier molecular flexibility index (Phi) is 3.70. The van der Waals surface area contributed by atoms with Crippen LogP contribution in [0.1, 0.15) is 24.7 Å². The monoisotopic (exact) mass is 225 g/mol. The fraction of sp³-hybridized carbons (Fsp3) is 0.636. The number of hydrogen-bond acceptors (Lipinski definition) is 3. The maximum Gasteiger partial charge on any atom is 0.311 e. The largest absolute Gasteiger partial charge is 0.481 e. The summed E-state index contributed by atoms with van der Waals surface area (Å²) in [7, 11) is 1.82. The zero-order valence-electron chi connectivity index (χ0n) is 10.0. The van der Waals surface area contributed by atoms with Crippen molar-refractivity contribution < 1.29 is 9.90 Å². The number of nitrogens with zero attached hydrogens (tertiary/aromatic N) is 2. The molecule has 1 rings (SSSR count). The number of carbonyl (C=O) groups is 1. The molecule has 1 atom stereocenters. The molecule has 0 aliphatic rings. The first-order chi connectivity index (χ1) is 7.45. The van der Waals surface area contributed by atoms with Crippen LogP contribution in [-0.2, 0) is 18.3 Å². The van der Waals surface area contributed by atoms with Gasteiger partial charge in [0.1, 0.15) is 0 Å². The van der Waals surface area contributed by atoms with E-state index in [1.54, 1.807) is 4.68 Å². The summed E-state index contributed by atoms with van der Waals surface area (Å²) in [6.45, 7) is 3.88. The van der Waals surface area contributed by atoms with Crippen LogP contribution in [0.15, 0.2) is 6.07 Å². The minimum Gasteiger partial charge on any atom is -0.481 e. The Bertz CT molecular complexity index is 381. The Hall–Kier alpha value is -1.36. The second-order valence-corrected chi connectivity index (χ2v) is 4.22. The van der Waals surface area contributed by atoms with Gasteiger partial charge in [-0.2, -0.15) is 5.10 Å². The van der Waals surface area contributed by atoms with E-state index in [1.807, 2.05) is 27.0 Å². The van der Waals surface area contributed by atoms with Crippen LogP contribution in [0.2, 0.25) is 0 Å². The number of nitrogens with two attached hydrogens (primary N) is 1. The number of rotatable bonds is 5. The summed E-state index contributed by atoms with van der Waals surface area (Å²) in [6, 6.07) is 1.91. The van der Waals surface area contributed by atoms with E-state index in [2.05, 4.69) is 5.10 Å². The molecule has 0 aliphatic heterocycles. The zero-order valence-corrected chi connectivity index (χ0v) is 10.0. The fourth-order valence-electron chi connectivity index (χ4n) is 1.83. The zero-order chi connectivity index (χ0) is 12.3. The fourth-order valence-corrected chi connectivity index (χ4v) is 1.83. The molecule has 0 fully saturated rings. The molecule has 0 aromatic carbocycles. The van der Waals surface area contributed by atoms with Crippen LogP contribution in [0.3, 0.4) is 0 Å². The third-order valence-electron chi connectivity index (χ3n) is 3.14. The Labute approximate surface area is 95.3 Å². The molecule has 1 aromatic rings. The Morgan fingerprint density at radius 3 is 2.62 bits per heavy atom. The second-order valence-electron chi connectivity index (χ2n) is 4.22. The normalized spacial score (nSPS) is 14.8. The maximum absolute atomic E-state index is 11.3. The van der Waals surface area contributed by atoms with Crippen molar-refractivity contribution in [3.63, 3.8) is 0 Å². The molecule has 0 bridgehead atoms. The summed E-state index contributed by atoms with van der Waals surface area (Å²) >= 11 is 0. The molecule has 0 saturated carbocycles. The molecule has 16 heavy (non-hydrogen) atoms. The van der Waals surface area contributed by atoms with E-state index >= 15 is 0 Å². The number of aromatic nitrogens is 2. The van der Waals surface area contributed by atoms with Crippen LogP contribution in [-0.4, -0.2) is 27.4 Å². The average Bonchev–Trinajstić information content (AvgIpc) is 2.53. The molecule has 0 radical (unpaired) electrons. The lowest BCUT2D eigenvalue weighted by Gasteiger charge is -2.26. The van der Waals surface area contributed by atoms with Gasteiger partial charge in [-0.1, -0.05) is 6.92 Å². The lowest BCUT2D eigenvalue weighted by molar-refractivity contribution is -0.148. The Morgan fingerprint density at radius 1 is 1.69 bits per heavy atom. The molecule has 90 valence electrons. The van der Waals surface area contributed by atoms with E-state index in [1.165, 1.54) is 0 Å². The van der Waals surface area contributed by atoms with Crippen molar-refractivity contribution in [2.45, 2.75) is 26.7 Å². The van der Waals surface area contributed by atoms with E-state index in [0.29, 0.717) is 12.8 Å². The van der Waals surface area contributed by atoms with Gasteiger partial charge in [0.25, 0.3) is 0 Å². The third-order valence-corrected chi connectivity index (χ3v) is 3.14. The predicted octanol–water partition coefficient (Wildman–Crippen LogP) is 0.711. The SMILES string of the molecule is CCC(CN)(Cc1cc(C)nn1C)C(=O)O. The van der Waals surface area contributed by atoms with Crippen molar-refractivity contribution >= 4 is 5.97 Å². The highest BCUT2D eigenvalue weighted by atomic mass is 16.4. The maximum atomic E-state index is 11.3. The van der Waals surface area contributed by atoms with Crippen molar-refractivity contribution in [3.8, 4) is 0 Å². The molecular weight excluding hydrogens is 206 g/mol. The summed E-state index contributed by atoms with van der Waals surface area (Å²) in [5, 5.41) is 13.5. The molecule has 1 unspecified atom stereocenters. The first-order valence-corrected chi connectivity index (χ1v) is 5.38. The van der Waals surface area contributed by atoms with Crippen molar-refractivity contribution in [2.75, 3.05) is 6.54 Å². The van der Waals surface area contributed by atoms with Gasteiger partial charge in [0, 0.05) is 25.7 Å². The Balaban J connectivity index is 3.00. The van der Waals surface area contributed by atoms with Crippen LogP contribution in [0.4, 0.5) is 0 Å². The first kappa shape index (κ1) is 12.7. The highest BCUT2D eigenvalue weighted by Gasteiger charge is 2.36. The standard InChI is InChI=1S/C11H19N3O2/c1-4-11(7-12,10(15)16)6-9-5-8(2)13-14(9)3/h5H,4,6-7,12H2,1-3H3,(H,15,16). The summed E-state index contributed by atoms with van der Waals surface area (Å²) in [5.41, 5.74) is 6.54. The van der Waals surface area contributed by atoms with Crippen LogP contribution >= 0.6 is 0 Å². The van der Waals surface area contributed by atoms with E-state index in [-0.39, 0.29) is 6.54 Å². The minimum atomic E-state index is -0.875. The molecule has 1 aromatic heterocycles. The quantitative estimate of drug-likeness (QED) is 0.773. The van der Waals surface area contributed by atoms with Gasteiger partial charge in [-0.25, -0.2) is 0 Å². The Morgan fingerprint density at radius 2 is 2.31 bits per heavy atom. The van der Waals surface area contributed by atoms with E-state index in [0.717, 1.165) is 11.4 Å². The summed E-state index contributed by atoms with van der Waals surface area (Å²) in [5.74, 6) is -0.837. The number of hydrogen-bond donors (Lipinski definition) is 2. The first-order valence-electron chi connectivity index (χ1n) is 5.38. The summed E-state index contributed by atoms with van der Waals surface area (Å²) in [6.07, 6.45) is 0.940. The highest BCUT2D eigenvalue weighted by molar-refractivity contribution is 5.75. The van der Waals surface area contributed by atoms with Crippen molar-refractivity contribution in [2.24, 2.45) is 18.2 Å². The van der Waals surface area contributed by atoms with E-state index < -0.39 is 11.4 Å². The van der Waals surface area contributed by atoms with Crippen LogP contribution in [0.25, 0.3) is 0 Å². The van der Waals surface area contributed by atoms with Crippen molar-refractivity contribution in [1.29, 1.82) is 0 Å². The van der Waals surface area contributed by atoms with Gasteiger partial charge >= 0.3 is 5.97 Å². The second kappa shape index (κ2) is 4.65. The number of aliphatic carboxylic acids is 1. The number of carboxylic acid groups (broad SMARTS) is 1. The molecule has 0 saturated heterocycles. The third kappa shape index (κ3) is 2.24. The molecule has 0 amide bonds. The van der Waals surface area contributed by atoms with Gasteiger partial charge in [-0.3, -0.25) is 9.48 Å². The van der Waals surface area contributed by atoms with Gasteiger partial charge in [0.2, 0.25) is 0 Å². The lowest BCUT2D eigenvalue weighted by atomic mass is 9.80. The molecule has 5 nitrogen and oxygen atoms in total. The van der Waals surface area contributed by atoms with E-state index in [4.69, 9.17) is 5.73 Å². The van der Waals surface area contributed by atoms with Crippen LogP contribution < -0.4 is 5.73 Å². The van der Waals surface area contributed by atoms with Gasteiger partial charge in [0.05, 0.1) is 11.1 Å². The molecule has 0 aliphatic carbocycles. The van der Waals surface area contributed by atoms with Gasteiger partial charge in [-0.05, 0) is 19.4 Å². The predicted molar refractivity (Wildman–Crippen MR) is 61.1 cm³/mol. The molecule has 3 N–H and O–H groups in total. The lowest BCUT2D eigenvalue weighted by Crippen LogP contribution is -2.40. The van der Waals surface area contributed by atoms with Crippen molar-refractivity contribution in [1.82, 2.24) is 9.78 Å². The smallest absolute Gasteiger partial charge is 0.311 e. The van der Waals surface area contributed by atoms with E-state index in [9.17, 15) is 9.90 Å². The highest BCUT2D eigenvalue weighted by Crippen LogP contribution is 2.26. The average molecular weight is 225 g/mol.